The largest absolute Gasteiger partial charge is 0.351 e. The Labute approximate surface area is 138 Å². The van der Waals surface area contributed by atoms with Crippen LogP contribution in [0.3, 0.4) is 0 Å². The van der Waals surface area contributed by atoms with Crippen LogP contribution in [-0.4, -0.2) is 36.0 Å². The monoisotopic (exact) mass is 317 g/mol. The highest BCUT2D eigenvalue weighted by Crippen LogP contribution is 2.26. The Hall–Kier alpha value is -2.04. The van der Waals surface area contributed by atoms with E-state index < -0.39 is 0 Å². The number of hydrogen-bond acceptors (Lipinski definition) is 2. The van der Waals surface area contributed by atoms with Crippen molar-refractivity contribution < 1.29 is 9.59 Å². The maximum Gasteiger partial charge on any atom is 0.321 e. The summed E-state index contributed by atoms with van der Waals surface area (Å²) in [5.41, 5.74) is 0.467. The predicted molar refractivity (Wildman–Crippen MR) is 92.3 cm³/mol. The summed E-state index contributed by atoms with van der Waals surface area (Å²) in [4.78, 5) is 26.4. The molecule has 1 unspecified atom stereocenters. The standard InChI is InChI=1S/C18H27N3O2/c1-4-18(3,5-2)16(22)19-15-11-12-21(13-15)17(23)20-14-9-7-6-8-10-14/h6-10,15H,4-5,11-13H2,1-3H3,(H,19,22)(H,20,23). The highest BCUT2D eigenvalue weighted by molar-refractivity contribution is 5.89. The summed E-state index contributed by atoms with van der Waals surface area (Å²) in [7, 11) is 0. The van der Waals surface area contributed by atoms with Gasteiger partial charge in [0.25, 0.3) is 0 Å². The summed E-state index contributed by atoms with van der Waals surface area (Å²) in [6.07, 6.45) is 2.44. The average molecular weight is 317 g/mol. The van der Waals surface area contributed by atoms with Gasteiger partial charge < -0.3 is 15.5 Å². The van der Waals surface area contributed by atoms with E-state index in [9.17, 15) is 9.59 Å². The van der Waals surface area contributed by atoms with Crippen LogP contribution < -0.4 is 10.6 Å². The number of hydrogen-bond donors (Lipinski definition) is 2. The molecule has 0 spiro atoms. The van der Waals surface area contributed by atoms with Gasteiger partial charge in [-0.15, -0.1) is 0 Å². The van der Waals surface area contributed by atoms with Crippen LogP contribution in [0.1, 0.15) is 40.0 Å². The number of urea groups is 1. The molecule has 1 atom stereocenters. The number of benzene rings is 1. The molecular weight excluding hydrogens is 290 g/mol. The fourth-order valence-electron chi connectivity index (χ4n) is 2.72. The van der Waals surface area contributed by atoms with Crippen molar-refractivity contribution in [1.82, 2.24) is 10.2 Å². The average Bonchev–Trinajstić information content (AvgIpc) is 3.03. The van der Waals surface area contributed by atoms with Crippen molar-refractivity contribution in [1.29, 1.82) is 0 Å². The van der Waals surface area contributed by atoms with Crippen LogP contribution in [0.4, 0.5) is 10.5 Å². The van der Waals surface area contributed by atoms with Crippen molar-refractivity contribution in [3.8, 4) is 0 Å². The van der Waals surface area contributed by atoms with Gasteiger partial charge in [0.1, 0.15) is 0 Å². The van der Waals surface area contributed by atoms with Crippen LogP contribution in [0.5, 0.6) is 0 Å². The number of carbonyl (C=O) groups is 2. The first-order chi connectivity index (χ1) is 11.0. The maximum atomic E-state index is 12.4. The Balaban J connectivity index is 1.86. The summed E-state index contributed by atoms with van der Waals surface area (Å²) in [5, 5.41) is 5.99. The van der Waals surface area contributed by atoms with Crippen molar-refractivity contribution >= 4 is 17.6 Å². The first-order valence-electron chi connectivity index (χ1n) is 8.40. The molecule has 1 fully saturated rings. The summed E-state index contributed by atoms with van der Waals surface area (Å²) in [5.74, 6) is 0.0952. The molecule has 23 heavy (non-hydrogen) atoms. The Morgan fingerprint density at radius 3 is 2.48 bits per heavy atom. The molecule has 5 nitrogen and oxygen atoms in total. The quantitative estimate of drug-likeness (QED) is 0.876. The van der Waals surface area contributed by atoms with E-state index in [0.717, 1.165) is 24.9 Å². The Bertz CT molecular complexity index is 540. The highest BCUT2D eigenvalue weighted by atomic mass is 16.2. The number of rotatable bonds is 5. The van der Waals surface area contributed by atoms with Crippen molar-refractivity contribution in [3.05, 3.63) is 30.3 Å². The van der Waals surface area contributed by atoms with Gasteiger partial charge in [0.05, 0.1) is 0 Å². The van der Waals surface area contributed by atoms with Crippen LogP contribution in [-0.2, 0) is 4.79 Å². The smallest absolute Gasteiger partial charge is 0.321 e. The third kappa shape index (κ3) is 4.24. The zero-order valence-electron chi connectivity index (χ0n) is 14.3. The number of para-hydroxylation sites is 1. The minimum atomic E-state index is -0.320. The van der Waals surface area contributed by atoms with Gasteiger partial charge in [-0.2, -0.15) is 0 Å². The Kier molecular flexibility index (Phi) is 5.64. The van der Waals surface area contributed by atoms with Gasteiger partial charge in [-0.05, 0) is 31.4 Å². The van der Waals surface area contributed by atoms with Gasteiger partial charge in [0.2, 0.25) is 5.91 Å². The van der Waals surface area contributed by atoms with Crippen molar-refractivity contribution in [3.63, 3.8) is 0 Å². The number of nitrogens with one attached hydrogen (secondary N) is 2. The van der Waals surface area contributed by atoms with E-state index in [2.05, 4.69) is 10.6 Å². The first-order valence-corrected chi connectivity index (χ1v) is 8.40. The van der Waals surface area contributed by atoms with E-state index >= 15 is 0 Å². The van der Waals surface area contributed by atoms with Crippen molar-refractivity contribution in [2.75, 3.05) is 18.4 Å². The van der Waals surface area contributed by atoms with Crippen LogP contribution in [0.15, 0.2) is 30.3 Å². The molecule has 2 N–H and O–H groups in total. The fraction of sp³-hybridized carbons (Fsp3) is 0.556. The lowest BCUT2D eigenvalue weighted by molar-refractivity contribution is -0.131. The maximum absolute atomic E-state index is 12.4. The predicted octanol–water partition coefficient (Wildman–Crippen LogP) is 3.24. The molecule has 1 aromatic carbocycles. The number of likely N-dealkylation sites (tertiary alicyclic amines) is 1. The van der Waals surface area contributed by atoms with Crippen LogP contribution in [0.2, 0.25) is 0 Å². The SMILES string of the molecule is CCC(C)(CC)C(=O)NC1CCN(C(=O)Nc2ccccc2)C1. The van der Waals surface area contributed by atoms with E-state index in [1.807, 2.05) is 51.1 Å². The fourth-order valence-corrected chi connectivity index (χ4v) is 2.72. The molecule has 1 aromatic rings. The normalized spacial score (nSPS) is 17.9. The van der Waals surface area contributed by atoms with Gasteiger partial charge in [0, 0.05) is 30.2 Å². The molecule has 0 aromatic heterocycles. The second kappa shape index (κ2) is 7.49. The first kappa shape index (κ1) is 17.3. The van der Waals surface area contributed by atoms with E-state index in [1.165, 1.54) is 0 Å². The van der Waals surface area contributed by atoms with Crippen molar-refractivity contribution in [2.45, 2.75) is 46.1 Å². The zero-order valence-corrected chi connectivity index (χ0v) is 14.3. The molecular formula is C18H27N3O2. The zero-order chi connectivity index (χ0) is 16.9. The van der Waals surface area contributed by atoms with Crippen LogP contribution >= 0.6 is 0 Å². The topological polar surface area (TPSA) is 61.4 Å². The number of amides is 3. The summed E-state index contributed by atoms with van der Waals surface area (Å²) in [6.45, 7) is 7.30. The van der Waals surface area contributed by atoms with Crippen molar-refractivity contribution in [2.24, 2.45) is 5.41 Å². The third-order valence-electron chi connectivity index (χ3n) is 4.94. The molecule has 3 amide bonds. The third-order valence-corrected chi connectivity index (χ3v) is 4.94. The minimum absolute atomic E-state index is 0.0430. The van der Waals surface area contributed by atoms with E-state index in [-0.39, 0.29) is 23.4 Å². The van der Waals surface area contributed by atoms with Crippen LogP contribution in [0.25, 0.3) is 0 Å². The molecule has 0 radical (unpaired) electrons. The molecule has 1 saturated heterocycles. The minimum Gasteiger partial charge on any atom is -0.351 e. The second-order valence-corrected chi connectivity index (χ2v) is 6.47. The Morgan fingerprint density at radius 1 is 1.22 bits per heavy atom. The summed E-state index contributed by atoms with van der Waals surface area (Å²) >= 11 is 0. The molecule has 1 aliphatic rings. The molecule has 2 rings (SSSR count). The van der Waals surface area contributed by atoms with E-state index in [1.54, 1.807) is 4.90 Å². The lowest BCUT2D eigenvalue weighted by atomic mass is 9.83. The van der Waals surface area contributed by atoms with Crippen LogP contribution in [0, 0.1) is 5.41 Å². The molecule has 0 aliphatic carbocycles. The number of carbonyl (C=O) groups excluding carboxylic acids is 2. The molecule has 1 aliphatic heterocycles. The molecule has 0 saturated carbocycles. The van der Waals surface area contributed by atoms with Gasteiger partial charge in [-0.1, -0.05) is 39.0 Å². The van der Waals surface area contributed by atoms with Gasteiger partial charge in [0.15, 0.2) is 0 Å². The molecule has 0 bridgehead atoms. The summed E-state index contributed by atoms with van der Waals surface area (Å²) in [6, 6.07) is 9.35. The molecule has 1 heterocycles. The lowest BCUT2D eigenvalue weighted by Crippen LogP contribution is -2.45. The molecule has 126 valence electrons. The summed E-state index contributed by atoms with van der Waals surface area (Å²) < 4.78 is 0. The number of nitrogens with zero attached hydrogens (tertiary/aromatic N) is 1. The van der Waals surface area contributed by atoms with Gasteiger partial charge in [-0.25, -0.2) is 4.79 Å². The van der Waals surface area contributed by atoms with Gasteiger partial charge in [-0.3, -0.25) is 4.79 Å². The Morgan fingerprint density at radius 2 is 1.87 bits per heavy atom. The highest BCUT2D eigenvalue weighted by Gasteiger charge is 2.33. The lowest BCUT2D eigenvalue weighted by Gasteiger charge is -2.27. The molecule has 5 heteroatoms. The van der Waals surface area contributed by atoms with E-state index in [0.29, 0.717) is 13.1 Å². The van der Waals surface area contributed by atoms with Gasteiger partial charge >= 0.3 is 6.03 Å². The second-order valence-electron chi connectivity index (χ2n) is 6.47. The van der Waals surface area contributed by atoms with E-state index in [4.69, 9.17) is 0 Å². The number of anilines is 1.